The van der Waals surface area contributed by atoms with Crippen molar-refractivity contribution in [1.29, 1.82) is 0 Å². The second-order valence-corrected chi connectivity index (χ2v) is 7.01. The van der Waals surface area contributed by atoms with Gasteiger partial charge in [0.05, 0.1) is 12.3 Å². The summed E-state index contributed by atoms with van der Waals surface area (Å²) in [6.07, 6.45) is 1.75. The van der Waals surface area contributed by atoms with Crippen LogP contribution in [0.4, 0.5) is 5.13 Å². The summed E-state index contributed by atoms with van der Waals surface area (Å²) in [4.78, 5) is 29.6. The van der Waals surface area contributed by atoms with E-state index in [1.165, 1.54) is 0 Å². The molecule has 1 N–H and O–H groups in total. The van der Waals surface area contributed by atoms with Gasteiger partial charge >= 0.3 is 5.97 Å². The van der Waals surface area contributed by atoms with Crippen LogP contribution in [-0.2, 0) is 4.74 Å². The largest absolute Gasteiger partial charge is 0.462 e. The molecule has 0 aliphatic heterocycles. The van der Waals surface area contributed by atoms with E-state index in [0.29, 0.717) is 15.7 Å². The molecule has 7 nitrogen and oxygen atoms in total. The Morgan fingerprint density at radius 3 is 2.59 bits per heavy atom. The van der Waals surface area contributed by atoms with Crippen molar-refractivity contribution in [3.63, 3.8) is 0 Å². The second kappa shape index (κ2) is 8.13. The molecule has 0 radical (unpaired) electrons. The molecular formula is C19H20N4O3S. The molecule has 0 bridgehead atoms. The van der Waals surface area contributed by atoms with E-state index in [2.05, 4.69) is 15.4 Å². The molecule has 0 aliphatic carbocycles. The summed E-state index contributed by atoms with van der Waals surface area (Å²) in [6, 6.07) is 11.1. The number of amides is 1. The molecule has 1 amide bonds. The molecule has 0 aliphatic rings. The van der Waals surface area contributed by atoms with Crippen LogP contribution in [0.25, 0.3) is 11.3 Å². The molecule has 2 heterocycles. The van der Waals surface area contributed by atoms with Gasteiger partial charge in [0, 0.05) is 17.8 Å². The standard InChI is InChI=1S/C19H20N4O3S/c1-4-26-18(25)16-15(13-8-6-5-7-9-13)20-19(27-16)21-17(24)14-10-11-23(22-14)12(2)3/h5-12H,4H2,1-3H3,(H,20,21,24). The van der Waals surface area contributed by atoms with E-state index >= 15 is 0 Å². The van der Waals surface area contributed by atoms with Gasteiger partial charge in [0.15, 0.2) is 10.8 Å². The van der Waals surface area contributed by atoms with Crippen LogP contribution in [0, 0.1) is 0 Å². The van der Waals surface area contributed by atoms with E-state index in [4.69, 9.17) is 4.74 Å². The fourth-order valence-electron chi connectivity index (χ4n) is 2.41. The summed E-state index contributed by atoms with van der Waals surface area (Å²) in [7, 11) is 0. The van der Waals surface area contributed by atoms with Gasteiger partial charge in [-0.05, 0) is 26.8 Å². The summed E-state index contributed by atoms with van der Waals surface area (Å²) in [5, 5.41) is 7.29. The SMILES string of the molecule is CCOC(=O)c1sc(NC(=O)c2ccn(C(C)C)n2)nc1-c1ccccc1. The quantitative estimate of drug-likeness (QED) is 0.649. The molecule has 3 aromatic rings. The van der Waals surface area contributed by atoms with Gasteiger partial charge < -0.3 is 4.74 Å². The Morgan fingerprint density at radius 2 is 1.96 bits per heavy atom. The van der Waals surface area contributed by atoms with Gasteiger partial charge in [0.2, 0.25) is 0 Å². The Hall–Kier alpha value is -3.00. The highest BCUT2D eigenvalue weighted by atomic mass is 32.1. The van der Waals surface area contributed by atoms with E-state index < -0.39 is 5.97 Å². The number of aromatic nitrogens is 3. The van der Waals surface area contributed by atoms with Crippen LogP contribution in [0.5, 0.6) is 0 Å². The maximum atomic E-state index is 12.5. The monoisotopic (exact) mass is 384 g/mol. The van der Waals surface area contributed by atoms with E-state index in [1.807, 2.05) is 44.2 Å². The number of anilines is 1. The number of nitrogens with zero attached hydrogens (tertiary/aromatic N) is 3. The molecule has 0 saturated carbocycles. The first-order valence-corrected chi connectivity index (χ1v) is 9.41. The lowest BCUT2D eigenvalue weighted by Gasteiger charge is -2.03. The number of ether oxygens (including phenoxy) is 1. The number of benzene rings is 1. The number of carbonyl (C=O) groups excluding carboxylic acids is 2. The fraction of sp³-hybridized carbons (Fsp3) is 0.263. The molecule has 2 aromatic heterocycles. The molecule has 0 fully saturated rings. The van der Waals surface area contributed by atoms with Crippen LogP contribution >= 0.6 is 11.3 Å². The summed E-state index contributed by atoms with van der Waals surface area (Å²) in [5.41, 5.74) is 1.56. The van der Waals surface area contributed by atoms with Gasteiger partial charge in [-0.15, -0.1) is 0 Å². The number of thiazole rings is 1. The van der Waals surface area contributed by atoms with Crippen molar-refractivity contribution in [3.8, 4) is 11.3 Å². The van der Waals surface area contributed by atoms with Crippen LogP contribution in [-0.4, -0.2) is 33.2 Å². The van der Waals surface area contributed by atoms with Crippen molar-refractivity contribution in [2.45, 2.75) is 26.8 Å². The van der Waals surface area contributed by atoms with Gasteiger partial charge in [-0.3, -0.25) is 14.8 Å². The minimum absolute atomic E-state index is 0.159. The molecule has 1 aromatic carbocycles. The lowest BCUT2D eigenvalue weighted by molar-refractivity contribution is 0.0532. The first-order valence-electron chi connectivity index (χ1n) is 8.59. The van der Waals surface area contributed by atoms with Crippen LogP contribution in [0.15, 0.2) is 42.6 Å². The van der Waals surface area contributed by atoms with Crippen molar-refractivity contribution >= 4 is 28.3 Å². The minimum atomic E-state index is -0.460. The van der Waals surface area contributed by atoms with Crippen LogP contribution in [0.3, 0.4) is 0 Å². The molecule has 27 heavy (non-hydrogen) atoms. The summed E-state index contributed by atoms with van der Waals surface area (Å²) >= 11 is 1.09. The zero-order valence-corrected chi connectivity index (χ0v) is 16.1. The second-order valence-electron chi connectivity index (χ2n) is 6.01. The molecule has 3 rings (SSSR count). The highest BCUT2D eigenvalue weighted by molar-refractivity contribution is 7.18. The lowest BCUT2D eigenvalue weighted by Crippen LogP contribution is -2.13. The number of hydrogen-bond acceptors (Lipinski definition) is 6. The zero-order chi connectivity index (χ0) is 19.4. The number of carbonyl (C=O) groups is 2. The summed E-state index contributed by atoms with van der Waals surface area (Å²) in [6.45, 7) is 5.97. The Bertz CT molecular complexity index is 947. The number of nitrogens with one attached hydrogen (secondary N) is 1. The maximum Gasteiger partial charge on any atom is 0.350 e. The predicted octanol–water partition coefficient (Wildman–Crippen LogP) is 4.02. The van der Waals surface area contributed by atoms with Gasteiger partial charge in [-0.1, -0.05) is 41.7 Å². The predicted molar refractivity (Wildman–Crippen MR) is 104 cm³/mol. The van der Waals surface area contributed by atoms with Gasteiger partial charge in [0.25, 0.3) is 5.91 Å². The number of esters is 1. The molecule has 0 atom stereocenters. The summed E-state index contributed by atoms with van der Waals surface area (Å²) < 4.78 is 6.83. The molecule has 140 valence electrons. The third kappa shape index (κ3) is 4.22. The Labute approximate surface area is 161 Å². The normalized spacial score (nSPS) is 10.8. The third-order valence-electron chi connectivity index (χ3n) is 3.73. The molecule has 8 heteroatoms. The van der Waals surface area contributed by atoms with Crippen molar-refractivity contribution in [1.82, 2.24) is 14.8 Å². The van der Waals surface area contributed by atoms with Crippen molar-refractivity contribution in [2.75, 3.05) is 11.9 Å². The van der Waals surface area contributed by atoms with E-state index in [-0.39, 0.29) is 24.2 Å². The van der Waals surface area contributed by atoms with E-state index in [1.54, 1.807) is 23.9 Å². The smallest absolute Gasteiger partial charge is 0.350 e. The van der Waals surface area contributed by atoms with Gasteiger partial charge in [-0.2, -0.15) is 5.10 Å². The van der Waals surface area contributed by atoms with E-state index in [0.717, 1.165) is 16.9 Å². The maximum absolute atomic E-state index is 12.5. The van der Waals surface area contributed by atoms with Crippen LogP contribution < -0.4 is 5.32 Å². The zero-order valence-electron chi connectivity index (χ0n) is 15.3. The van der Waals surface area contributed by atoms with Crippen LogP contribution in [0.2, 0.25) is 0 Å². The first kappa shape index (κ1) is 18.8. The Kier molecular flexibility index (Phi) is 5.66. The van der Waals surface area contributed by atoms with E-state index in [9.17, 15) is 9.59 Å². The molecule has 0 unspecified atom stereocenters. The average Bonchev–Trinajstić information content (AvgIpc) is 3.30. The van der Waals surface area contributed by atoms with Crippen molar-refractivity contribution in [2.24, 2.45) is 0 Å². The van der Waals surface area contributed by atoms with Crippen molar-refractivity contribution < 1.29 is 14.3 Å². The van der Waals surface area contributed by atoms with Gasteiger partial charge in [0.1, 0.15) is 4.88 Å². The van der Waals surface area contributed by atoms with Crippen molar-refractivity contribution in [3.05, 3.63) is 53.2 Å². The average molecular weight is 384 g/mol. The van der Waals surface area contributed by atoms with Gasteiger partial charge in [-0.25, -0.2) is 9.78 Å². The third-order valence-corrected chi connectivity index (χ3v) is 4.68. The highest BCUT2D eigenvalue weighted by Gasteiger charge is 2.22. The first-order chi connectivity index (χ1) is 13.0. The molecule has 0 saturated heterocycles. The highest BCUT2D eigenvalue weighted by Crippen LogP contribution is 2.32. The summed E-state index contributed by atoms with van der Waals surface area (Å²) in [5.74, 6) is -0.836. The van der Waals surface area contributed by atoms with Crippen LogP contribution in [0.1, 0.15) is 47.0 Å². The fourth-order valence-corrected chi connectivity index (χ4v) is 3.28. The molecular weight excluding hydrogens is 364 g/mol. The minimum Gasteiger partial charge on any atom is -0.462 e. The Balaban J connectivity index is 1.89. The number of hydrogen-bond donors (Lipinski definition) is 1. The number of rotatable bonds is 6. The lowest BCUT2D eigenvalue weighted by atomic mass is 10.1. The molecule has 0 spiro atoms. The Morgan fingerprint density at radius 1 is 1.22 bits per heavy atom. The topological polar surface area (TPSA) is 86.1 Å².